The van der Waals surface area contributed by atoms with Gasteiger partial charge in [-0.2, -0.15) is 0 Å². The van der Waals surface area contributed by atoms with Gasteiger partial charge < -0.3 is 14.2 Å². The second kappa shape index (κ2) is 60.6. The van der Waals surface area contributed by atoms with Gasteiger partial charge >= 0.3 is 17.9 Å². The fraction of sp³-hybridized carbons (Fsp3) is 0.687. The minimum Gasteiger partial charge on any atom is -0.462 e. The van der Waals surface area contributed by atoms with Gasteiger partial charge in [-0.3, -0.25) is 14.4 Å². The molecule has 0 aromatic carbocycles. The molecule has 1 unspecified atom stereocenters. The van der Waals surface area contributed by atoms with E-state index in [-0.39, 0.29) is 31.1 Å². The highest BCUT2D eigenvalue weighted by Gasteiger charge is 2.19. The molecule has 0 N–H and O–H groups in total. The molecule has 0 aliphatic carbocycles. The number of carbonyl (C=O) groups is 3. The van der Waals surface area contributed by atoms with Gasteiger partial charge in [0.1, 0.15) is 13.2 Å². The molecule has 0 aliphatic heterocycles. The summed E-state index contributed by atoms with van der Waals surface area (Å²) in [4.78, 5) is 37.9. The van der Waals surface area contributed by atoms with Crippen LogP contribution in [0.4, 0.5) is 0 Å². The summed E-state index contributed by atoms with van der Waals surface area (Å²) in [7, 11) is 0. The van der Waals surface area contributed by atoms with Crippen LogP contribution < -0.4 is 0 Å². The molecule has 6 nitrogen and oxygen atoms in total. The van der Waals surface area contributed by atoms with Crippen molar-refractivity contribution in [2.45, 2.75) is 284 Å². The molecule has 73 heavy (non-hydrogen) atoms. The number of allylic oxidation sites excluding steroid dienone is 18. The maximum absolute atomic E-state index is 12.8. The molecule has 0 spiro atoms. The molecule has 0 bridgehead atoms. The number of esters is 3. The molecular weight excluding hydrogens is 901 g/mol. The fourth-order valence-electron chi connectivity index (χ4n) is 8.28. The predicted octanol–water partition coefficient (Wildman–Crippen LogP) is 20.7. The lowest BCUT2D eigenvalue weighted by molar-refractivity contribution is -0.167. The third-order valence-electron chi connectivity index (χ3n) is 12.8. The van der Waals surface area contributed by atoms with Gasteiger partial charge in [-0.25, -0.2) is 0 Å². The Hall–Kier alpha value is -3.93. The fourth-order valence-corrected chi connectivity index (χ4v) is 8.28. The molecule has 6 heteroatoms. The number of hydrogen-bond acceptors (Lipinski definition) is 6. The lowest BCUT2D eigenvalue weighted by Crippen LogP contribution is -2.30. The van der Waals surface area contributed by atoms with E-state index in [1.807, 2.05) is 0 Å². The average Bonchev–Trinajstić information content (AvgIpc) is 3.39. The van der Waals surface area contributed by atoms with Gasteiger partial charge in [-0.15, -0.1) is 0 Å². The van der Waals surface area contributed by atoms with Crippen LogP contribution >= 0.6 is 0 Å². The van der Waals surface area contributed by atoms with Crippen molar-refractivity contribution in [2.24, 2.45) is 0 Å². The molecular formula is C67H112O6. The SMILES string of the molecule is CC/C=C\C/C=C\C/C=C\C/C=C\C/C=C\CCCCCCCC(=O)OC(COC(=O)CCCCCCC)COC(=O)CCCCCCCCCCCCCCCCCC/C=C\C/C=C\C/C=C\C/C=C\CC. The summed E-state index contributed by atoms with van der Waals surface area (Å²) in [6, 6.07) is 0. The monoisotopic (exact) mass is 1010 g/mol. The summed E-state index contributed by atoms with van der Waals surface area (Å²) < 4.78 is 16.7. The van der Waals surface area contributed by atoms with Gasteiger partial charge in [0.15, 0.2) is 6.10 Å². The molecule has 0 aromatic heterocycles. The first-order valence-electron chi connectivity index (χ1n) is 30.4. The van der Waals surface area contributed by atoms with E-state index >= 15 is 0 Å². The Morgan fingerprint density at radius 1 is 0.288 bits per heavy atom. The Kier molecular flexibility index (Phi) is 57.4. The number of hydrogen-bond donors (Lipinski definition) is 0. The second-order valence-electron chi connectivity index (χ2n) is 19.9. The van der Waals surface area contributed by atoms with Crippen molar-refractivity contribution in [3.8, 4) is 0 Å². The van der Waals surface area contributed by atoms with Gasteiger partial charge in [0.2, 0.25) is 0 Å². The summed E-state index contributed by atoms with van der Waals surface area (Å²) in [6.07, 6.45) is 82.8. The lowest BCUT2D eigenvalue weighted by Gasteiger charge is -2.18. The molecule has 416 valence electrons. The Bertz CT molecular complexity index is 1490. The topological polar surface area (TPSA) is 78.9 Å². The maximum atomic E-state index is 12.8. The number of unbranched alkanes of at least 4 members (excludes halogenated alkanes) is 25. The highest BCUT2D eigenvalue weighted by molar-refractivity contribution is 5.71. The summed E-state index contributed by atoms with van der Waals surface area (Å²) in [5.74, 6) is -0.915. The summed E-state index contributed by atoms with van der Waals surface area (Å²) >= 11 is 0. The van der Waals surface area contributed by atoms with Crippen LogP contribution in [0.15, 0.2) is 109 Å². The van der Waals surface area contributed by atoms with Crippen LogP contribution in [-0.4, -0.2) is 37.2 Å². The van der Waals surface area contributed by atoms with Crippen LogP contribution in [0.2, 0.25) is 0 Å². The summed E-state index contributed by atoms with van der Waals surface area (Å²) in [5.41, 5.74) is 0. The zero-order valence-electron chi connectivity index (χ0n) is 47.6. The van der Waals surface area contributed by atoms with E-state index in [4.69, 9.17) is 14.2 Å². The lowest BCUT2D eigenvalue weighted by atomic mass is 10.0. The number of ether oxygens (including phenoxy) is 3. The molecule has 0 aliphatic rings. The number of rotatable bonds is 54. The molecule has 0 heterocycles. The Morgan fingerprint density at radius 3 is 0.836 bits per heavy atom. The van der Waals surface area contributed by atoms with Crippen LogP contribution in [0.1, 0.15) is 278 Å². The second-order valence-corrected chi connectivity index (χ2v) is 19.9. The minimum atomic E-state index is -0.785. The van der Waals surface area contributed by atoms with Crippen molar-refractivity contribution in [3.63, 3.8) is 0 Å². The van der Waals surface area contributed by atoms with E-state index < -0.39 is 6.10 Å². The van der Waals surface area contributed by atoms with Crippen LogP contribution in [0.25, 0.3) is 0 Å². The summed E-state index contributed by atoms with van der Waals surface area (Å²) in [5, 5.41) is 0. The van der Waals surface area contributed by atoms with Crippen molar-refractivity contribution >= 4 is 17.9 Å². The van der Waals surface area contributed by atoms with Crippen molar-refractivity contribution in [2.75, 3.05) is 13.2 Å². The van der Waals surface area contributed by atoms with E-state index in [1.165, 1.54) is 96.3 Å². The van der Waals surface area contributed by atoms with Gasteiger partial charge in [-0.1, -0.05) is 265 Å². The Labute approximate surface area is 450 Å². The standard InChI is InChI=1S/C67H112O6/c1-4-7-10-13-15-17-19-21-23-25-27-29-30-31-32-33-34-35-36-38-39-41-43-45-47-49-51-54-57-60-66(69)72-63-64(62-71-65(68)59-56-53-12-9-6-3)73-67(70)61-58-55-52-50-48-46-44-42-40-37-28-26-24-22-20-18-16-14-11-8-5-2/h7-8,10-11,15-18,21-24,27-29,37,42,44,64H,4-6,9,12-14,19-20,25-26,30-36,38-41,43,45-63H2,1-3H3/b10-7-,11-8-,17-15-,18-16-,23-21-,24-22-,29-27-,37-28-,44-42-. The van der Waals surface area contributed by atoms with Crippen molar-refractivity contribution < 1.29 is 28.6 Å². The van der Waals surface area contributed by atoms with E-state index in [2.05, 4.69) is 130 Å². The van der Waals surface area contributed by atoms with E-state index in [0.29, 0.717) is 19.3 Å². The minimum absolute atomic E-state index is 0.0854. The summed E-state index contributed by atoms with van der Waals surface area (Å²) in [6.45, 7) is 6.32. The quantitative estimate of drug-likeness (QED) is 0.0261. The molecule has 0 rings (SSSR count). The molecule has 0 aromatic rings. The van der Waals surface area contributed by atoms with Gasteiger partial charge in [0.25, 0.3) is 0 Å². The Morgan fingerprint density at radius 2 is 0.534 bits per heavy atom. The van der Waals surface area contributed by atoms with Crippen LogP contribution in [0, 0.1) is 0 Å². The predicted molar refractivity (Wildman–Crippen MR) is 316 cm³/mol. The molecule has 0 amide bonds. The Balaban J connectivity index is 4.06. The van der Waals surface area contributed by atoms with Crippen LogP contribution in [0.5, 0.6) is 0 Å². The molecule has 0 saturated carbocycles. The molecule has 0 fully saturated rings. The van der Waals surface area contributed by atoms with Gasteiger partial charge in [0, 0.05) is 19.3 Å². The molecule has 0 radical (unpaired) electrons. The molecule has 1 atom stereocenters. The first-order valence-corrected chi connectivity index (χ1v) is 30.4. The zero-order valence-corrected chi connectivity index (χ0v) is 47.6. The first kappa shape index (κ1) is 69.1. The largest absolute Gasteiger partial charge is 0.462 e. The highest BCUT2D eigenvalue weighted by atomic mass is 16.6. The van der Waals surface area contributed by atoms with Crippen LogP contribution in [0.3, 0.4) is 0 Å². The van der Waals surface area contributed by atoms with Crippen molar-refractivity contribution in [1.29, 1.82) is 0 Å². The third-order valence-corrected chi connectivity index (χ3v) is 12.8. The smallest absolute Gasteiger partial charge is 0.306 e. The van der Waals surface area contributed by atoms with Gasteiger partial charge in [-0.05, 0) is 103 Å². The number of carbonyl (C=O) groups excluding carboxylic acids is 3. The van der Waals surface area contributed by atoms with Crippen molar-refractivity contribution in [3.05, 3.63) is 109 Å². The van der Waals surface area contributed by atoms with E-state index in [0.717, 1.165) is 141 Å². The first-order chi connectivity index (χ1) is 36.0. The van der Waals surface area contributed by atoms with E-state index in [1.54, 1.807) is 0 Å². The van der Waals surface area contributed by atoms with Crippen LogP contribution in [-0.2, 0) is 28.6 Å². The third kappa shape index (κ3) is 58.8. The molecule has 0 saturated heterocycles. The zero-order chi connectivity index (χ0) is 52.9. The van der Waals surface area contributed by atoms with E-state index in [9.17, 15) is 14.4 Å². The average molecular weight is 1010 g/mol. The maximum Gasteiger partial charge on any atom is 0.306 e. The van der Waals surface area contributed by atoms with Crippen molar-refractivity contribution in [1.82, 2.24) is 0 Å². The normalized spacial score (nSPS) is 12.9. The highest BCUT2D eigenvalue weighted by Crippen LogP contribution is 2.16. The van der Waals surface area contributed by atoms with Gasteiger partial charge in [0.05, 0.1) is 0 Å².